The summed E-state index contributed by atoms with van der Waals surface area (Å²) in [6.07, 6.45) is 0.0905. The van der Waals surface area contributed by atoms with Crippen LogP contribution in [0.25, 0.3) is 0 Å². The Morgan fingerprint density at radius 1 is 1.38 bits per heavy atom. The molecule has 0 aliphatic carbocycles. The molecule has 4 heteroatoms. The first-order valence-electron chi connectivity index (χ1n) is 3.85. The minimum Gasteiger partial charge on any atom is -0.392 e. The Morgan fingerprint density at radius 2 is 2.00 bits per heavy atom. The van der Waals surface area contributed by atoms with E-state index in [1.807, 2.05) is 0 Å². The van der Waals surface area contributed by atoms with Crippen LogP contribution in [0.3, 0.4) is 0 Å². The van der Waals surface area contributed by atoms with E-state index in [0.29, 0.717) is 5.56 Å². The van der Waals surface area contributed by atoms with Crippen molar-refractivity contribution in [3.63, 3.8) is 0 Å². The molecule has 0 saturated carbocycles. The van der Waals surface area contributed by atoms with Gasteiger partial charge in [-0.05, 0) is 11.1 Å². The quantitative estimate of drug-likeness (QED) is 0.650. The lowest BCUT2D eigenvalue weighted by Gasteiger charge is -2.04. The summed E-state index contributed by atoms with van der Waals surface area (Å²) in [5, 5.41) is 8.92. The highest BCUT2D eigenvalue weighted by atomic mass is 16.7. The number of hydrogen-bond donors (Lipinski definition) is 2. The molecule has 0 unspecified atom stereocenters. The van der Waals surface area contributed by atoms with Gasteiger partial charge in [-0.2, -0.15) is 5.90 Å². The van der Waals surface area contributed by atoms with Crippen LogP contribution in [0.2, 0.25) is 0 Å². The van der Waals surface area contributed by atoms with Crippen molar-refractivity contribution in [1.82, 2.24) is 0 Å². The van der Waals surface area contributed by atoms with Crippen LogP contribution in [0.1, 0.15) is 11.1 Å². The fourth-order valence-electron chi connectivity index (χ4n) is 1.08. The van der Waals surface area contributed by atoms with Gasteiger partial charge in [-0.3, -0.25) is 4.79 Å². The minimum atomic E-state index is -0.513. The molecule has 0 bridgehead atoms. The molecule has 0 aliphatic rings. The third-order valence-corrected chi connectivity index (χ3v) is 1.75. The van der Waals surface area contributed by atoms with Gasteiger partial charge in [0.1, 0.15) is 0 Å². The second-order valence-electron chi connectivity index (χ2n) is 2.59. The van der Waals surface area contributed by atoms with Crippen molar-refractivity contribution < 1.29 is 14.7 Å². The maximum absolute atomic E-state index is 10.8. The van der Waals surface area contributed by atoms with E-state index in [1.165, 1.54) is 0 Å². The van der Waals surface area contributed by atoms with E-state index in [0.717, 1.165) is 5.56 Å². The molecule has 1 aromatic rings. The average Bonchev–Trinajstić information content (AvgIpc) is 2.18. The maximum Gasteiger partial charge on any atom is 0.328 e. The van der Waals surface area contributed by atoms with Crippen molar-refractivity contribution in [1.29, 1.82) is 0 Å². The van der Waals surface area contributed by atoms with Crippen molar-refractivity contribution >= 4 is 5.97 Å². The van der Waals surface area contributed by atoms with E-state index in [4.69, 9.17) is 11.0 Å². The summed E-state index contributed by atoms with van der Waals surface area (Å²) in [5.41, 5.74) is 1.45. The molecule has 0 heterocycles. The van der Waals surface area contributed by atoms with Gasteiger partial charge in [0.05, 0.1) is 13.0 Å². The number of carbonyl (C=O) groups excluding carboxylic acids is 1. The number of rotatable bonds is 3. The zero-order chi connectivity index (χ0) is 9.68. The van der Waals surface area contributed by atoms with Crippen LogP contribution in [0.5, 0.6) is 0 Å². The predicted octanol–water partition coefficient (Wildman–Crippen LogP) is 0.138. The topological polar surface area (TPSA) is 72.5 Å². The smallest absolute Gasteiger partial charge is 0.328 e. The van der Waals surface area contributed by atoms with Gasteiger partial charge in [0.15, 0.2) is 0 Å². The number of nitrogens with two attached hydrogens (primary N) is 1. The molecule has 1 rings (SSSR count). The molecule has 0 saturated heterocycles. The number of benzene rings is 1. The van der Waals surface area contributed by atoms with Crippen LogP contribution in [0, 0.1) is 0 Å². The lowest BCUT2D eigenvalue weighted by atomic mass is 10.1. The Hall–Kier alpha value is -1.39. The second-order valence-corrected chi connectivity index (χ2v) is 2.59. The zero-order valence-corrected chi connectivity index (χ0v) is 7.06. The van der Waals surface area contributed by atoms with Crippen molar-refractivity contribution in [3.05, 3.63) is 35.4 Å². The van der Waals surface area contributed by atoms with Crippen LogP contribution in [0.4, 0.5) is 0 Å². The molecule has 1 aromatic carbocycles. The molecule has 13 heavy (non-hydrogen) atoms. The summed E-state index contributed by atoms with van der Waals surface area (Å²) >= 11 is 0. The number of aliphatic hydroxyl groups excluding tert-OH is 1. The largest absolute Gasteiger partial charge is 0.392 e. The lowest BCUT2D eigenvalue weighted by Crippen LogP contribution is -2.13. The highest BCUT2D eigenvalue weighted by molar-refractivity contribution is 5.72. The van der Waals surface area contributed by atoms with Crippen molar-refractivity contribution in [2.75, 3.05) is 0 Å². The summed E-state index contributed by atoms with van der Waals surface area (Å²) in [5.74, 6) is 4.19. The molecule has 0 amide bonds. The van der Waals surface area contributed by atoms with E-state index < -0.39 is 5.97 Å². The Labute approximate surface area is 75.9 Å². The van der Waals surface area contributed by atoms with Crippen molar-refractivity contribution in [3.8, 4) is 0 Å². The molecule has 4 nitrogen and oxygen atoms in total. The van der Waals surface area contributed by atoms with Gasteiger partial charge in [0.2, 0.25) is 0 Å². The summed E-state index contributed by atoms with van der Waals surface area (Å²) in [7, 11) is 0. The Bertz CT molecular complexity index is 299. The Kier molecular flexibility index (Phi) is 3.42. The van der Waals surface area contributed by atoms with Crippen LogP contribution >= 0.6 is 0 Å². The standard InChI is InChI=1S/C9H11NO3/c10-13-9(12)5-7-3-1-2-4-8(7)6-11/h1-4,11H,5-6,10H2. The molecular weight excluding hydrogens is 170 g/mol. The minimum absolute atomic E-state index is 0.0893. The van der Waals surface area contributed by atoms with Crippen LogP contribution < -0.4 is 5.90 Å². The van der Waals surface area contributed by atoms with Crippen LogP contribution in [-0.4, -0.2) is 11.1 Å². The van der Waals surface area contributed by atoms with Crippen molar-refractivity contribution in [2.24, 2.45) is 5.90 Å². The third kappa shape index (κ3) is 2.54. The van der Waals surface area contributed by atoms with Crippen LogP contribution in [-0.2, 0) is 22.7 Å². The van der Waals surface area contributed by atoms with Gasteiger partial charge in [-0.25, -0.2) is 0 Å². The molecule has 0 aromatic heterocycles. The molecule has 0 spiro atoms. The van der Waals surface area contributed by atoms with Crippen molar-refractivity contribution in [2.45, 2.75) is 13.0 Å². The highest BCUT2D eigenvalue weighted by Gasteiger charge is 2.06. The van der Waals surface area contributed by atoms with E-state index >= 15 is 0 Å². The second kappa shape index (κ2) is 4.59. The molecule has 0 radical (unpaired) electrons. The van der Waals surface area contributed by atoms with Gasteiger partial charge in [-0.1, -0.05) is 24.3 Å². The van der Waals surface area contributed by atoms with E-state index in [2.05, 4.69) is 4.84 Å². The molecule has 0 fully saturated rings. The number of hydrogen-bond acceptors (Lipinski definition) is 4. The highest BCUT2D eigenvalue weighted by Crippen LogP contribution is 2.09. The summed E-state index contributed by atoms with van der Waals surface area (Å²) in [6, 6.07) is 7.09. The summed E-state index contributed by atoms with van der Waals surface area (Å²) < 4.78 is 0. The van der Waals surface area contributed by atoms with E-state index in [-0.39, 0.29) is 13.0 Å². The molecular formula is C9H11NO3. The SMILES string of the molecule is NOC(=O)Cc1ccccc1CO. The zero-order valence-electron chi connectivity index (χ0n) is 7.06. The summed E-state index contributed by atoms with van der Waals surface area (Å²) in [4.78, 5) is 14.9. The summed E-state index contributed by atoms with van der Waals surface area (Å²) in [6.45, 7) is -0.0893. The number of carbonyl (C=O) groups is 1. The Morgan fingerprint density at radius 3 is 2.54 bits per heavy atom. The maximum atomic E-state index is 10.8. The van der Waals surface area contributed by atoms with E-state index in [1.54, 1.807) is 24.3 Å². The van der Waals surface area contributed by atoms with Crippen LogP contribution in [0.15, 0.2) is 24.3 Å². The molecule has 70 valence electrons. The fraction of sp³-hybridized carbons (Fsp3) is 0.222. The van der Waals surface area contributed by atoms with Gasteiger partial charge < -0.3 is 9.94 Å². The molecule has 0 aliphatic heterocycles. The van der Waals surface area contributed by atoms with Gasteiger partial charge >= 0.3 is 5.97 Å². The van der Waals surface area contributed by atoms with Gasteiger partial charge in [0, 0.05) is 0 Å². The number of aliphatic hydroxyl groups is 1. The first-order chi connectivity index (χ1) is 6.27. The Balaban J connectivity index is 2.81. The first-order valence-corrected chi connectivity index (χ1v) is 3.85. The first kappa shape index (κ1) is 9.70. The predicted molar refractivity (Wildman–Crippen MR) is 46.3 cm³/mol. The lowest BCUT2D eigenvalue weighted by molar-refractivity contribution is -0.143. The van der Waals surface area contributed by atoms with Gasteiger partial charge in [-0.15, -0.1) is 0 Å². The molecule has 3 N–H and O–H groups in total. The third-order valence-electron chi connectivity index (χ3n) is 1.75. The average molecular weight is 181 g/mol. The molecule has 0 atom stereocenters. The monoisotopic (exact) mass is 181 g/mol. The van der Waals surface area contributed by atoms with E-state index in [9.17, 15) is 4.79 Å². The normalized spacial score (nSPS) is 9.69. The van der Waals surface area contributed by atoms with Gasteiger partial charge in [0.25, 0.3) is 0 Å². The fourth-order valence-corrected chi connectivity index (χ4v) is 1.08.